The van der Waals surface area contributed by atoms with E-state index in [2.05, 4.69) is 34.6 Å². The van der Waals surface area contributed by atoms with Crippen LogP contribution in [0.4, 0.5) is 0 Å². The summed E-state index contributed by atoms with van der Waals surface area (Å²) in [5, 5.41) is 10.6. The number of aliphatic hydroxyl groups is 1. The van der Waals surface area contributed by atoms with Gasteiger partial charge in [-0.15, -0.1) is 0 Å². The summed E-state index contributed by atoms with van der Waals surface area (Å²) >= 11 is 0. The van der Waals surface area contributed by atoms with E-state index in [0.717, 1.165) is 19.3 Å². The number of hydrogen-bond acceptors (Lipinski definition) is 3. The number of hydrogen-bond donors (Lipinski definition) is 1. The molecule has 0 amide bonds. The molecule has 0 aromatic heterocycles. The Bertz CT molecular complexity index is 447. The van der Waals surface area contributed by atoms with Gasteiger partial charge < -0.3 is 5.11 Å². The second-order valence-electron chi connectivity index (χ2n) is 8.77. The fourth-order valence-corrected chi connectivity index (χ4v) is 6.12. The van der Waals surface area contributed by atoms with Crippen LogP contribution < -0.4 is 0 Å². The van der Waals surface area contributed by atoms with Crippen molar-refractivity contribution in [2.24, 2.45) is 28.6 Å². The molecule has 3 atom stereocenters. The van der Waals surface area contributed by atoms with E-state index >= 15 is 0 Å². The van der Waals surface area contributed by atoms with Crippen LogP contribution in [-0.2, 0) is 9.84 Å². The van der Waals surface area contributed by atoms with Crippen molar-refractivity contribution in [2.75, 3.05) is 11.5 Å². The molecule has 4 heteroatoms. The highest BCUT2D eigenvalue weighted by Crippen LogP contribution is 2.48. The standard InChI is InChI=1S/C16H30O3S/c1-15(2,3)13-7-6-11(14(13)17)8-16(4,5)12-9-20(18,19)10-12/h11-14,17H,6-10H2,1-5H3. The highest BCUT2D eigenvalue weighted by molar-refractivity contribution is 7.92. The maximum Gasteiger partial charge on any atom is 0.150 e. The Labute approximate surface area is 124 Å². The lowest BCUT2D eigenvalue weighted by Gasteiger charge is -2.42. The van der Waals surface area contributed by atoms with Gasteiger partial charge in [-0.05, 0) is 47.8 Å². The van der Waals surface area contributed by atoms with Crippen LogP contribution >= 0.6 is 0 Å². The molecule has 1 heterocycles. The summed E-state index contributed by atoms with van der Waals surface area (Å²) in [5.74, 6) is 1.65. The molecule has 0 aromatic rings. The zero-order valence-electron chi connectivity index (χ0n) is 13.5. The molecule has 118 valence electrons. The topological polar surface area (TPSA) is 54.4 Å². The molecule has 1 N–H and O–H groups in total. The number of sulfone groups is 1. The van der Waals surface area contributed by atoms with Gasteiger partial charge in [0.05, 0.1) is 17.6 Å². The molecule has 1 aliphatic carbocycles. The third-order valence-electron chi connectivity index (χ3n) is 5.66. The first kappa shape index (κ1) is 16.3. The van der Waals surface area contributed by atoms with Crippen molar-refractivity contribution in [3.8, 4) is 0 Å². The largest absolute Gasteiger partial charge is 0.393 e. The first-order valence-electron chi connectivity index (χ1n) is 7.81. The van der Waals surface area contributed by atoms with Crippen molar-refractivity contribution < 1.29 is 13.5 Å². The lowest BCUT2D eigenvalue weighted by Crippen LogP contribution is -2.46. The van der Waals surface area contributed by atoms with Crippen molar-refractivity contribution in [3.63, 3.8) is 0 Å². The van der Waals surface area contributed by atoms with Crippen molar-refractivity contribution in [1.82, 2.24) is 0 Å². The Morgan fingerprint density at radius 3 is 2.00 bits per heavy atom. The van der Waals surface area contributed by atoms with Gasteiger partial charge in [0.15, 0.2) is 9.84 Å². The summed E-state index contributed by atoms with van der Waals surface area (Å²) in [6.07, 6.45) is 2.88. The zero-order chi connectivity index (χ0) is 15.3. The van der Waals surface area contributed by atoms with Crippen molar-refractivity contribution in [3.05, 3.63) is 0 Å². The molecule has 1 saturated heterocycles. The third-order valence-corrected chi connectivity index (χ3v) is 7.48. The summed E-state index contributed by atoms with van der Waals surface area (Å²) in [7, 11) is -2.76. The molecular weight excluding hydrogens is 272 g/mol. The average Bonchev–Trinajstić information content (AvgIpc) is 2.55. The summed E-state index contributed by atoms with van der Waals surface area (Å²) in [5.41, 5.74) is 0.169. The molecule has 0 spiro atoms. The summed E-state index contributed by atoms with van der Waals surface area (Å²) in [6, 6.07) is 0. The Hall–Kier alpha value is -0.0900. The van der Waals surface area contributed by atoms with Gasteiger partial charge in [-0.2, -0.15) is 0 Å². The van der Waals surface area contributed by atoms with Gasteiger partial charge in [-0.1, -0.05) is 34.6 Å². The monoisotopic (exact) mass is 302 g/mol. The molecule has 0 radical (unpaired) electrons. The van der Waals surface area contributed by atoms with Gasteiger partial charge in [-0.25, -0.2) is 8.42 Å². The predicted molar refractivity (Wildman–Crippen MR) is 82.2 cm³/mol. The lowest BCUT2D eigenvalue weighted by molar-refractivity contribution is 0.0210. The van der Waals surface area contributed by atoms with Crippen LogP contribution in [0.1, 0.15) is 53.9 Å². The summed E-state index contributed by atoms with van der Waals surface area (Å²) in [6.45, 7) is 10.9. The smallest absolute Gasteiger partial charge is 0.150 e. The van der Waals surface area contributed by atoms with Crippen molar-refractivity contribution in [2.45, 2.75) is 60.0 Å². The van der Waals surface area contributed by atoms with Crippen LogP contribution in [0.2, 0.25) is 0 Å². The Kier molecular flexibility index (Phi) is 4.05. The van der Waals surface area contributed by atoms with Gasteiger partial charge in [0.25, 0.3) is 0 Å². The SMILES string of the molecule is CC(C)(C)C1CCC(CC(C)(C)C2CS(=O)(=O)C2)C1O. The molecule has 2 aliphatic rings. The second-order valence-corrected chi connectivity index (χ2v) is 10.9. The van der Waals surface area contributed by atoms with E-state index in [1.54, 1.807) is 0 Å². The van der Waals surface area contributed by atoms with E-state index in [-0.39, 0.29) is 22.9 Å². The Morgan fingerprint density at radius 1 is 1.05 bits per heavy atom. The molecule has 3 unspecified atom stereocenters. The van der Waals surface area contributed by atoms with Crippen LogP contribution in [-0.4, -0.2) is 31.1 Å². The van der Waals surface area contributed by atoms with Gasteiger partial charge in [-0.3, -0.25) is 0 Å². The summed E-state index contributed by atoms with van der Waals surface area (Å²) < 4.78 is 22.8. The van der Waals surface area contributed by atoms with Gasteiger partial charge >= 0.3 is 0 Å². The molecule has 0 bridgehead atoms. The highest BCUT2D eigenvalue weighted by atomic mass is 32.2. The van der Waals surface area contributed by atoms with E-state index in [0.29, 0.717) is 23.3 Å². The first-order valence-corrected chi connectivity index (χ1v) is 9.63. The van der Waals surface area contributed by atoms with Crippen LogP contribution in [0.25, 0.3) is 0 Å². The maximum absolute atomic E-state index is 11.4. The molecule has 1 saturated carbocycles. The number of rotatable bonds is 3. The van der Waals surface area contributed by atoms with E-state index in [9.17, 15) is 13.5 Å². The Morgan fingerprint density at radius 2 is 1.60 bits per heavy atom. The minimum absolute atomic E-state index is 0.0176. The van der Waals surface area contributed by atoms with Crippen molar-refractivity contribution >= 4 is 9.84 Å². The van der Waals surface area contributed by atoms with Gasteiger partial charge in [0.1, 0.15) is 0 Å². The van der Waals surface area contributed by atoms with Crippen LogP contribution in [0, 0.1) is 28.6 Å². The van der Waals surface area contributed by atoms with Crippen LogP contribution in [0.15, 0.2) is 0 Å². The van der Waals surface area contributed by atoms with Crippen LogP contribution in [0.5, 0.6) is 0 Å². The molecule has 3 nitrogen and oxygen atoms in total. The van der Waals surface area contributed by atoms with E-state index in [1.807, 2.05) is 0 Å². The van der Waals surface area contributed by atoms with Crippen molar-refractivity contribution in [1.29, 1.82) is 0 Å². The molecule has 2 fully saturated rings. The van der Waals surface area contributed by atoms with Gasteiger partial charge in [0, 0.05) is 0 Å². The van der Waals surface area contributed by atoms with E-state index < -0.39 is 9.84 Å². The first-order chi connectivity index (χ1) is 8.92. The molecule has 1 aliphatic heterocycles. The van der Waals surface area contributed by atoms with E-state index in [1.165, 1.54) is 0 Å². The molecular formula is C16H30O3S. The van der Waals surface area contributed by atoms with Gasteiger partial charge in [0.2, 0.25) is 0 Å². The molecule has 20 heavy (non-hydrogen) atoms. The number of aliphatic hydroxyl groups excluding tert-OH is 1. The zero-order valence-corrected chi connectivity index (χ0v) is 14.3. The lowest BCUT2D eigenvalue weighted by atomic mass is 9.71. The Balaban J connectivity index is 1.97. The molecule has 0 aromatic carbocycles. The quantitative estimate of drug-likeness (QED) is 0.872. The van der Waals surface area contributed by atoms with E-state index in [4.69, 9.17) is 0 Å². The fraction of sp³-hybridized carbons (Fsp3) is 1.00. The maximum atomic E-state index is 11.4. The average molecular weight is 302 g/mol. The minimum atomic E-state index is -2.76. The van der Waals surface area contributed by atoms with Crippen LogP contribution in [0.3, 0.4) is 0 Å². The minimum Gasteiger partial charge on any atom is -0.393 e. The highest BCUT2D eigenvalue weighted by Gasteiger charge is 2.47. The molecule has 2 rings (SSSR count). The third kappa shape index (κ3) is 3.22. The fourth-order valence-electron chi connectivity index (χ4n) is 4.09. The second kappa shape index (κ2) is 4.98. The predicted octanol–water partition coefficient (Wildman–Crippen LogP) is 2.88. The summed E-state index contributed by atoms with van der Waals surface area (Å²) in [4.78, 5) is 0. The normalized spacial score (nSPS) is 35.0.